The first-order chi connectivity index (χ1) is 14.0. The maximum atomic E-state index is 12.8. The van der Waals surface area contributed by atoms with E-state index in [1.807, 2.05) is 32.0 Å². The standard InChI is InChI=1S/C22H28ClN3O3/c1-4-6-11-26-22(23)18(16(3)24-26)8-10-21(27)25(5-2)15-17-7-9-19-20(14-17)29-13-12-28-19/h7-10,14H,4-6,11-13,15H2,1-3H3. The first-order valence-corrected chi connectivity index (χ1v) is 10.5. The van der Waals surface area contributed by atoms with Crippen molar-refractivity contribution in [2.75, 3.05) is 19.8 Å². The minimum absolute atomic E-state index is 0.0702. The van der Waals surface area contributed by atoms with Gasteiger partial charge < -0.3 is 14.4 Å². The molecule has 1 aliphatic heterocycles. The number of benzene rings is 1. The van der Waals surface area contributed by atoms with Crippen molar-refractivity contribution in [3.8, 4) is 11.5 Å². The Hall–Kier alpha value is -2.47. The zero-order valence-electron chi connectivity index (χ0n) is 17.3. The van der Waals surface area contributed by atoms with Gasteiger partial charge in [-0.2, -0.15) is 5.10 Å². The Labute approximate surface area is 177 Å². The SMILES string of the molecule is CCCCn1nc(C)c(C=CC(=O)N(CC)Cc2ccc3c(c2)OCCO3)c1Cl. The highest BCUT2D eigenvalue weighted by molar-refractivity contribution is 6.31. The van der Waals surface area contributed by atoms with Crippen LogP contribution in [0.25, 0.3) is 6.08 Å². The van der Waals surface area contributed by atoms with Gasteiger partial charge in [0.2, 0.25) is 5.91 Å². The van der Waals surface area contributed by atoms with Crippen LogP contribution in [-0.4, -0.2) is 40.3 Å². The second kappa shape index (κ2) is 9.83. The molecule has 0 fully saturated rings. The van der Waals surface area contributed by atoms with Gasteiger partial charge in [0.1, 0.15) is 18.4 Å². The number of carbonyl (C=O) groups is 1. The van der Waals surface area contributed by atoms with Crippen LogP contribution >= 0.6 is 11.6 Å². The second-order valence-corrected chi connectivity index (χ2v) is 7.39. The number of amides is 1. The third kappa shape index (κ3) is 5.12. The molecule has 29 heavy (non-hydrogen) atoms. The molecule has 1 aromatic carbocycles. The van der Waals surface area contributed by atoms with Crippen molar-refractivity contribution in [1.82, 2.24) is 14.7 Å². The number of hydrogen-bond donors (Lipinski definition) is 0. The third-order valence-electron chi connectivity index (χ3n) is 4.90. The van der Waals surface area contributed by atoms with Crippen LogP contribution < -0.4 is 9.47 Å². The van der Waals surface area contributed by atoms with Gasteiger partial charge in [-0.3, -0.25) is 9.48 Å². The highest BCUT2D eigenvalue weighted by Crippen LogP contribution is 2.31. The quantitative estimate of drug-likeness (QED) is 0.594. The minimum Gasteiger partial charge on any atom is -0.486 e. The summed E-state index contributed by atoms with van der Waals surface area (Å²) >= 11 is 6.46. The fraction of sp³-hybridized carbons (Fsp3) is 0.455. The highest BCUT2D eigenvalue weighted by Gasteiger charge is 2.16. The Balaban J connectivity index is 1.69. The molecule has 0 N–H and O–H groups in total. The average molecular weight is 418 g/mol. The number of aryl methyl sites for hydroxylation is 2. The minimum atomic E-state index is -0.0702. The van der Waals surface area contributed by atoms with E-state index < -0.39 is 0 Å². The van der Waals surface area contributed by atoms with Crippen LogP contribution in [0.4, 0.5) is 0 Å². The summed E-state index contributed by atoms with van der Waals surface area (Å²) in [6.45, 7) is 8.98. The molecule has 0 saturated carbocycles. The Kier molecular flexibility index (Phi) is 7.20. The van der Waals surface area contributed by atoms with E-state index in [-0.39, 0.29) is 5.91 Å². The monoisotopic (exact) mass is 417 g/mol. The topological polar surface area (TPSA) is 56.6 Å². The van der Waals surface area contributed by atoms with Crippen molar-refractivity contribution < 1.29 is 14.3 Å². The van der Waals surface area contributed by atoms with E-state index in [0.717, 1.165) is 47.7 Å². The van der Waals surface area contributed by atoms with Gasteiger partial charge in [-0.05, 0) is 44.0 Å². The summed E-state index contributed by atoms with van der Waals surface area (Å²) in [5.41, 5.74) is 2.62. The molecule has 7 heteroatoms. The van der Waals surface area contributed by atoms with Gasteiger partial charge in [-0.15, -0.1) is 0 Å². The smallest absolute Gasteiger partial charge is 0.246 e. The van der Waals surface area contributed by atoms with Gasteiger partial charge in [0.05, 0.1) is 5.69 Å². The van der Waals surface area contributed by atoms with Crippen LogP contribution in [0.1, 0.15) is 43.5 Å². The van der Waals surface area contributed by atoms with Crippen LogP contribution in [0.3, 0.4) is 0 Å². The number of likely N-dealkylation sites (N-methyl/N-ethyl adjacent to an activating group) is 1. The molecule has 2 aromatic rings. The van der Waals surface area contributed by atoms with Gasteiger partial charge >= 0.3 is 0 Å². The maximum Gasteiger partial charge on any atom is 0.246 e. The zero-order chi connectivity index (χ0) is 20.8. The molecule has 6 nitrogen and oxygen atoms in total. The van der Waals surface area contributed by atoms with Crippen molar-refractivity contribution >= 4 is 23.6 Å². The maximum absolute atomic E-state index is 12.8. The summed E-state index contributed by atoms with van der Waals surface area (Å²) in [5.74, 6) is 1.41. The van der Waals surface area contributed by atoms with Crippen molar-refractivity contribution in [2.24, 2.45) is 0 Å². The van der Waals surface area contributed by atoms with E-state index in [2.05, 4.69) is 12.0 Å². The lowest BCUT2D eigenvalue weighted by Crippen LogP contribution is -2.28. The van der Waals surface area contributed by atoms with Crippen LogP contribution in [0.5, 0.6) is 11.5 Å². The molecular formula is C22H28ClN3O3. The molecule has 156 valence electrons. The zero-order valence-corrected chi connectivity index (χ0v) is 18.0. The fourth-order valence-electron chi connectivity index (χ4n) is 3.22. The van der Waals surface area contributed by atoms with E-state index in [0.29, 0.717) is 31.5 Å². The van der Waals surface area contributed by atoms with E-state index in [1.165, 1.54) is 0 Å². The predicted molar refractivity (Wildman–Crippen MR) is 114 cm³/mol. The molecule has 1 aliphatic rings. The molecule has 1 amide bonds. The van der Waals surface area contributed by atoms with Crippen molar-refractivity contribution in [1.29, 1.82) is 0 Å². The van der Waals surface area contributed by atoms with E-state index in [1.54, 1.807) is 21.7 Å². The number of aromatic nitrogens is 2. The number of rotatable bonds is 8. The van der Waals surface area contributed by atoms with Gasteiger partial charge in [0.25, 0.3) is 0 Å². The summed E-state index contributed by atoms with van der Waals surface area (Å²) in [6.07, 6.45) is 5.43. The van der Waals surface area contributed by atoms with Crippen molar-refractivity contribution in [3.05, 3.63) is 46.2 Å². The van der Waals surface area contributed by atoms with Gasteiger partial charge in [-0.1, -0.05) is 31.0 Å². The van der Waals surface area contributed by atoms with Crippen LogP contribution in [0, 0.1) is 6.92 Å². The number of nitrogens with zero attached hydrogens (tertiary/aromatic N) is 3. The van der Waals surface area contributed by atoms with Gasteiger partial charge in [-0.25, -0.2) is 0 Å². The Bertz CT molecular complexity index is 892. The molecule has 1 aromatic heterocycles. The van der Waals surface area contributed by atoms with Crippen LogP contribution in [-0.2, 0) is 17.9 Å². The number of hydrogen-bond acceptors (Lipinski definition) is 4. The van der Waals surface area contributed by atoms with E-state index in [9.17, 15) is 4.79 Å². The predicted octanol–water partition coefficient (Wildman–Crippen LogP) is 4.48. The molecule has 0 aliphatic carbocycles. The normalized spacial score (nSPS) is 13.1. The Morgan fingerprint density at radius 2 is 2.03 bits per heavy atom. The first kappa shape index (κ1) is 21.2. The van der Waals surface area contributed by atoms with Gasteiger partial charge in [0, 0.05) is 31.3 Å². The van der Waals surface area contributed by atoms with E-state index in [4.69, 9.17) is 21.1 Å². The number of fused-ring (bicyclic) bond motifs is 1. The molecule has 0 atom stereocenters. The molecule has 0 bridgehead atoms. The van der Waals surface area contributed by atoms with Crippen LogP contribution in [0.2, 0.25) is 5.15 Å². The molecule has 2 heterocycles. The van der Waals surface area contributed by atoms with Gasteiger partial charge in [0.15, 0.2) is 11.5 Å². The lowest BCUT2D eigenvalue weighted by Gasteiger charge is -2.22. The Morgan fingerprint density at radius 1 is 1.28 bits per heavy atom. The first-order valence-electron chi connectivity index (χ1n) is 10.1. The summed E-state index contributed by atoms with van der Waals surface area (Å²) in [5, 5.41) is 5.06. The largest absolute Gasteiger partial charge is 0.486 e. The molecule has 3 rings (SSSR count). The van der Waals surface area contributed by atoms with Crippen molar-refractivity contribution in [3.63, 3.8) is 0 Å². The number of ether oxygens (including phenoxy) is 2. The number of unbranched alkanes of at least 4 members (excludes halogenated alkanes) is 1. The molecule has 0 saturated heterocycles. The molecule has 0 unspecified atom stereocenters. The number of carbonyl (C=O) groups excluding carboxylic acids is 1. The summed E-state index contributed by atoms with van der Waals surface area (Å²) < 4.78 is 13.0. The summed E-state index contributed by atoms with van der Waals surface area (Å²) in [4.78, 5) is 14.5. The lowest BCUT2D eigenvalue weighted by atomic mass is 10.1. The number of halogens is 1. The lowest BCUT2D eigenvalue weighted by molar-refractivity contribution is -0.126. The van der Waals surface area contributed by atoms with Crippen molar-refractivity contribution in [2.45, 2.75) is 46.7 Å². The summed E-state index contributed by atoms with van der Waals surface area (Å²) in [6, 6.07) is 5.80. The van der Waals surface area contributed by atoms with E-state index >= 15 is 0 Å². The molecule has 0 spiro atoms. The average Bonchev–Trinajstić information content (AvgIpc) is 3.01. The molecule has 0 radical (unpaired) electrons. The molecular weight excluding hydrogens is 390 g/mol. The second-order valence-electron chi connectivity index (χ2n) is 7.03. The fourth-order valence-corrected chi connectivity index (χ4v) is 3.55. The Morgan fingerprint density at radius 3 is 2.76 bits per heavy atom. The highest BCUT2D eigenvalue weighted by atomic mass is 35.5. The summed E-state index contributed by atoms with van der Waals surface area (Å²) in [7, 11) is 0. The van der Waals surface area contributed by atoms with Crippen LogP contribution in [0.15, 0.2) is 24.3 Å². The third-order valence-corrected chi connectivity index (χ3v) is 5.30.